The molecule has 0 unspecified atom stereocenters. The molecule has 0 saturated carbocycles. The summed E-state index contributed by atoms with van der Waals surface area (Å²) in [6.07, 6.45) is 1.69. The van der Waals surface area contributed by atoms with Crippen LogP contribution in [0.4, 0.5) is 0 Å². The predicted octanol–water partition coefficient (Wildman–Crippen LogP) is 2.06. The smallest absolute Gasteiger partial charge is 0.328 e. The zero-order valence-corrected chi connectivity index (χ0v) is 12.1. The van der Waals surface area contributed by atoms with Gasteiger partial charge in [-0.2, -0.15) is 0 Å². The highest BCUT2D eigenvalue weighted by atomic mass is 79.9. The number of hydrogen-bond acceptors (Lipinski definition) is 3. The first-order valence-corrected chi connectivity index (χ1v) is 6.64. The molecule has 19 heavy (non-hydrogen) atoms. The molecular weight excluding hydrogens is 310 g/mol. The Morgan fingerprint density at radius 1 is 1.47 bits per heavy atom. The van der Waals surface area contributed by atoms with Crippen molar-refractivity contribution in [3.05, 3.63) is 46.5 Å². The minimum absolute atomic E-state index is 0.263. The maximum absolute atomic E-state index is 11.9. The van der Waals surface area contributed by atoms with Crippen LogP contribution >= 0.6 is 15.9 Å². The van der Waals surface area contributed by atoms with E-state index in [4.69, 9.17) is 4.74 Å². The first-order valence-electron chi connectivity index (χ1n) is 5.85. The Morgan fingerprint density at radius 3 is 2.84 bits per heavy atom. The summed E-state index contributed by atoms with van der Waals surface area (Å²) < 4.78 is 5.73. The van der Waals surface area contributed by atoms with E-state index in [0.29, 0.717) is 13.0 Å². The standard InChI is InChI=1S/C14H14BrNO3/c1-3-13(17)16-8-10-6-11(15)5-4-9(10)7-12(16)14(18)19-2/h3-6,12H,1,7-8H2,2H3/t12-/m1/s1. The fourth-order valence-corrected chi connectivity index (χ4v) is 2.66. The van der Waals surface area contributed by atoms with E-state index in [0.717, 1.165) is 15.6 Å². The van der Waals surface area contributed by atoms with Crippen LogP contribution in [0.15, 0.2) is 35.3 Å². The molecule has 1 aromatic rings. The van der Waals surface area contributed by atoms with Crippen LogP contribution in [0.1, 0.15) is 11.1 Å². The summed E-state index contributed by atoms with van der Waals surface area (Å²) in [6.45, 7) is 3.86. The third-order valence-electron chi connectivity index (χ3n) is 3.23. The number of rotatable bonds is 2. The summed E-state index contributed by atoms with van der Waals surface area (Å²) in [6, 6.07) is 5.28. The van der Waals surface area contributed by atoms with Gasteiger partial charge in [-0.1, -0.05) is 28.6 Å². The highest BCUT2D eigenvalue weighted by molar-refractivity contribution is 9.10. The lowest BCUT2D eigenvalue weighted by Gasteiger charge is -2.34. The number of benzene rings is 1. The number of amides is 1. The van der Waals surface area contributed by atoms with Crippen molar-refractivity contribution in [3.8, 4) is 0 Å². The van der Waals surface area contributed by atoms with Gasteiger partial charge in [0.25, 0.3) is 0 Å². The van der Waals surface area contributed by atoms with Crippen LogP contribution < -0.4 is 0 Å². The van der Waals surface area contributed by atoms with Gasteiger partial charge in [-0.15, -0.1) is 0 Å². The molecule has 1 aliphatic rings. The van der Waals surface area contributed by atoms with Gasteiger partial charge in [-0.05, 0) is 29.3 Å². The molecule has 1 amide bonds. The number of ether oxygens (including phenoxy) is 1. The molecule has 1 atom stereocenters. The molecule has 0 N–H and O–H groups in total. The van der Waals surface area contributed by atoms with Crippen LogP contribution in [0.2, 0.25) is 0 Å². The van der Waals surface area contributed by atoms with Crippen molar-refractivity contribution in [2.45, 2.75) is 19.0 Å². The molecule has 1 aromatic carbocycles. The Bertz CT molecular complexity index is 541. The van der Waals surface area contributed by atoms with Crippen LogP contribution in [0.3, 0.4) is 0 Å². The van der Waals surface area contributed by atoms with Gasteiger partial charge in [0.05, 0.1) is 7.11 Å². The fraction of sp³-hybridized carbons (Fsp3) is 0.286. The first-order chi connectivity index (χ1) is 9.06. The maximum atomic E-state index is 11.9. The lowest BCUT2D eigenvalue weighted by Crippen LogP contribution is -2.48. The van der Waals surface area contributed by atoms with Crippen LogP contribution in [0.5, 0.6) is 0 Å². The normalized spacial score (nSPS) is 17.6. The summed E-state index contributed by atoms with van der Waals surface area (Å²) in [5.41, 5.74) is 2.09. The summed E-state index contributed by atoms with van der Waals surface area (Å²) in [4.78, 5) is 25.2. The van der Waals surface area contributed by atoms with E-state index in [9.17, 15) is 9.59 Å². The second-order valence-electron chi connectivity index (χ2n) is 4.33. The molecule has 100 valence electrons. The van der Waals surface area contributed by atoms with Crippen LogP contribution in [-0.2, 0) is 27.3 Å². The van der Waals surface area contributed by atoms with E-state index in [1.807, 2.05) is 18.2 Å². The highest BCUT2D eigenvalue weighted by Gasteiger charge is 2.34. The monoisotopic (exact) mass is 323 g/mol. The fourth-order valence-electron chi connectivity index (χ4n) is 2.25. The third kappa shape index (κ3) is 2.71. The van der Waals surface area contributed by atoms with Gasteiger partial charge < -0.3 is 9.64 Å². The van der Waals surface area contributed by atoms with Gasteiger partial charge in [0.15, 0.2) is 0 Å². The molecule has 0 radical (unpaired) electrons. The molecule has 0 saturated heterocycles. The van der Waals surface area contributed by atoms with E-state index >= 15 is 0 Å². The third-order valence-corrected chi connectivity index (χ3v) is 3.72. The summed E-state index contributed by atoms with van der Waals surface area (Å²) in [7, 11) is 1.33. The Hall–Kier alpha value is -1.62. The Kier molecular flexibility index (Phi) is 4.04. The Labute approximate surface area is 120 Å². The lowest BCUT2D eigenvalue weighted by atomic mass is 9.94. The van der Waals surface area contributed by atoms with Gasteiger partial charge in [0.2, 0.25) is 5.91 Å². The number of hydrogen-bond donors (Lipinski definition) is 0. The molecule has 0 fully saturated rings. The molecule has 1 aliphatic heterocycles. The molecule has 0 spiro atoms. The van der Waals surface area contributed by atoms with Gasteiger partial charge >= 0.3 is 5.97 Å². The molecule has 4 nitrogen and oxygen atoms in total. The van der Waals surface area contributed by atoms with E-state index < -0.39 is 12.0 Å². The molecule has 0 aromatic heterocycles. The minimum Gasteiger partial charge on any atom is -0.467 e. The molecule has 0 aliphatic carbocycles. The molecule has 2 rings (SSSR count). The summed E-state index contributed by atoms with van der Waals surface area (Å²) >= 11 is 3.41. The second-order valence-corrected chi connectivity index (χ2v) is 5.24. The molecular formula is C14H14BrNO3. The van der Waals surface area contributed by atoms with Gasteiger partial charge in [-0.25, -0.2) is 4.79 Å². The van der Waals surface area contributed by atoms with Crippen molar-refractivity contribution >= 4 is 27.8 Å². The Morgan fingerprint density at radius 2 is 2.21 bits per heavy atom. The van der Waals surface area contributed by atoms with Crippen molar-refractivity contribution in [1.82, 2.24) is 4.90 Å². The van der Waals surface area contributed by atoms with Crippen LogP contribution in [0, 0.1) is 0 Å². The number of methoxy groups -OCH3 is 1. The minimum atomic E-state index is -0.579. The van der Waals surface area contributed by atoms with Gasteiger partial charge in [0, 0.05) is 17.4 Å². The van der Waals surface area contributed by atoms with E-state index in [2.05, 4.69) is 22.5 Å². The van der Waals surface area contributed by atoms with E-state index in [1.165, 1.54) is 18.1 Å². The number of fused-ring (bicyclic) bond motifs is 1. The maximum Gasteiger partial charge on any atom is 0.328 e. The van der Waals surface area contributed by atoms with E-state index in [1.54, 1.807) is 0 Å². The number of nitrogens with zero attached hydrogens (tertiary/aromatic N) is 1. The number of carbonyl (C=O) groups excluding carboxylic acids is 2. The average Bonchev–Trinajstić information content (AvgIpc) is 2.44. The van der Waals surface area contributed by atoms with Crippen molar-refractivity contribution in [2.24, 2.45) is 0 Å². The van der Waals surface area contributed by atoms with Crippen molar-refractivity contribution in [3.63, 3.8) is 0 Å². The molecule has 5 heteroatoms. The summed E-state index contributed by atoms with van der Waals surface area (Å²) in [5.74, 6) is -0.662. The number of halogens is 1. The topological polar surface area (TPSA) is 46.6 Å². The van der Waals surface area contributed by atoms with Crippen molar-refractivity contribution in [1.29, 1.82) is 0 Å². The van der Waals surface area contributed by atoms with Crippen molar-refractivity contribution < 1.29 is 14.3 Å². The highest BCUT2D eigenvalue weighted by Crippen LogP contribution is 2.27. The van der Waals surface area contributed by atoms with E-state index in [-0.39, 0.29) is 5.91 Å². The molecule has 1 heterocycles. The summed E-state index contributed by atoms with van der Waals surface area (Å²) in [5, 5.41) is 0. The lowest BCUT2D eigenvalue weighted by molar-refractivity contribution is -0.152. The van der Waals surface area contributed by atoms with Gasteiger partial charge in [0.1, 0.15) is 6.04 Å². The largest absolute Gasteiger partial charge is 0.467 e. The Balaban J connectivity index is 2.39. The first kappa shape index (κ1) is 13.8. The van der Waals surface area contributed by atoms with Gasteiger partial charge in [-0.3, -0.25) is 4.79 Å². The average molecular weight is 324 g/mol. The van der Waals surface area contributed by atoms with Crippen LogP contribution in [0.25, 0.3) is 0 Å². The predicted molar refractivity (Wildman–Crippen MR) is 74.4 cm³/mol. The zero-order valence-electron chi connectivity index (χ0n) is 10.6. The quantitative estimate of drug-likeness (QED) is 0.618. The zero-order chi connectivity index (χ0) is 14.0. The second kappa shape index (κ2) is 5.57. The van der Waals surface area contributed by atoms with Crippen molar-refractivity contribution in [2.75, 3.05) is 7.11 Å². The number of esters is 1. The molecule has 0 bridgehead atoms. The SMILES string of the molecule is C=CC(=O)N1Cc2cc(Br)ccc2C[C@@H]1C(=O)OC. The van der Waals surface area contributed by atoms with Crippen LogP contribution in [-0.4, -0.2) is 29.9 Å². The number of carbonyl (C=O) groups is 2.